The number of ether oxygens (including phenoxy) is 1. The monoisotopic (exact) mass is 408 g/mol. The van der Waals surface area contributed by atoms with Crippen LogP contribution >= 0.6 is 11.8 Å². The number of carbonyl (C=O) groups is 2. The molecule has 0 aliphatic heterocycles. The van der Waals surface area contributed by atoms with Gasteiger partial charge in [-0.3, -0.25) is 9.52 Å². The van der Waals surface area contributed by atoms with E-state index in [0.29, 0.717) is 5.69 Å². The molecule has 144 valence electrons. The molecule has 2 N–H and O–H groups in total. The first-order chi connectivity index (χ1) is 12.8. The van der Waals surface area contributed by atoms with Gasteiger partial charge < -0.3 is 10.1 Å². The fraction of sp³-hybridized carbons (Fsp3) is 0.222. The summed E-state index contributed by atoms with van der Waals surface area (Å²) in [5.74, 6) is -0.923. The molecule has 0 spiro atoms. The smallest absolute Gasteiger partial charge is 0.340 e. The van der Waals surface area contributed by atoms with Crippen molar-refractivity contribution in [1.29, 1.82) is 0 Å². The molecule has 0 saturated carbocycles. The van der Waals surface area contributed by atoms with Gasteiger partial charge in [-0.15, -0.1) is 11.8 Å². The lowest BCUT2D eigenvalue weighted by Crippen LogP contribution is -2.17. The van der Waals surface area contributed by atoms with Crippen LogP contribution in [0.5, 0.6) is 0 Å². The number of benzene rings is 2. The molecule has 0 aliphatic rings. The molecule has 0 aromatic heterocycles. The molecule has 1 amide bonds. The summed E-state index contributed by atoms with van der Waals surface area (Å²) in [5.41, 5.74) is 0.633. The zero-order valence-corrected chi connectivity index (χ0v) is 16.7. The van der Waals surface area contributed by atoms with Gasteiger partial charge in [-0.1, -0.05) is 12.1 Å². The third-order valence-electron chi connectivity index (χ3n) is 3.46. The summed E-state index contributed by atoms with van der Waals surface area (Å²) in [4.78, 5) is 24.1. The van der Waals surface area contributed by atoms with Gasteiger partial charge in [-0.2, -0.15) is 0 Å². The van der Waals surface area contributed by atoms with Crippen LogP contribution in [0.1, 0.15) is 24.2 Å². The van der Waals surface area contributed by atoms with Crippen LogP contribution < -0.4 is 10.0 Å². The average molecular weight is 409 g/mol. The number of carbonyl (C=O) groups excluding carboxylic acids is 2. The number of hydrogen-bond donors (Lipinski definition) is 2. The van der Waals surface area contributed by atoms with Crippen molar-refractivity contribution in [3.63, 3.8) is 0 Å². The van der Waals surface area contributed by atoms with E-state index in [-0.39, 0.29) is 28.7 Å². The van der Waals surface area contributed by atoms with E-state index < -0.39 is 16.0 Å². The molecule has 9 heteroatoms. The molecule has 0 atom stereocenters. The number of anilines is 2. The van der Waals surface area contributed by atoms with Crippen molar-refractivity contribution in [2.45, 2.75) is 23.6 Å². The van der Waals surface area contributed by atoms with Gasteiger partial charge in [-0.05, 0) is 43.5 Å². The largest absolute Gasteiger partial charge is 0.462 e. The second kappa shape index (κ2) is 8.92. The molecule has 0 radical (unpaired) electrons. The van der Waals surface area contributed by atoms with Crippen LogP contribution in [0.4, 0.5) is 11.4 Å². The van der Waals surface area contributed by atoms with Crippen molar-refractivity contribution in [2.75, 3.05) is 22.9 Å². The number of nitrogens with one attached hydrogen (secondary N) is 2. The molecule has 2 rings (SSSR count). The minimum Gasteiger partial charge on any atom is -0.462 e. The Balaban J connectivity index is 2.40. The first-order valence-corrected chi connectivity index (χ1v) is 10.7. The van der Waals surface area contributed by atoms with E-state index in [4.69, 9.17) is 4.74 Å². The second-order valence-electron chi connectivity index (χ2n) is 5.41. The molecule has 0 heterocycles. The predicted octanol–water partition coefficient (Wildman–Crippen LogP) is 3.34. The van der Waals surface area contributed by atoms with Gasteiger partial charge in [0.1, 0.15) is 0 Å². The van der Waals surface area contributed by atoms with Gasteiger partial charge in [0, 0.05) is 11.8 Å². The van der Waals surface area contributed by atoms with E-state index in [1.807, 2.05) is 6.26 Å². The van der Waals surface area contributed by atoms with Gasteiger partial charge in [0.25, 0.3) is 10.0 Å². The number of rotatable bonds is 7. The minimum atomic E-state index is -3.99. The Morgan fingerprint density at radius 1 is 1.11 bits per heavy atom. The van der Waals surface area contributed by atoms with Gasteiger partial charge in [-0.25, -0.2) is 13.2 Å². The molecule has 0 saturated heterocycles. The summed E-state index contributed by atoms with van der Waals surface area (Å²) < 4.78 is 32.9. The molecule has 0 unspecified atom stereocenters. The van der Waals surface area contributed by atoms with Gasteiger partial charge in [0.05, 0.1) is 28.4 Å². The van der Waals surface area contributed by atoms with E-state index in [1.165, 1.54) is 43.0 Å². The van der Waals surface area contributed by atoms with Gasteiger partial charge in [0.15, 0.2) is 0 Å². The van der Waals surface area contributed by atoms with Crippen LogP contribution in [0, 0.1) is 0 Å². The Morgan fingerprint density at radius 3 is 2.44 bits per heavy atom. The van der Waals surface area contributed by atoms with Crippen molar-refractivity contribution in [3.05, 3.63) is 48.0 Å². The van der Waals surface area contributed by atoms with Gasteiger partial charge >= 0.3 is 5.97 Å². The summed E-state index contributed by atoms with van der Waals surface area (Å²) in [5, 5.41) is 2.62. The first-order valence-electron chi connectivity index (χ1n) is 8.03. The number of para-hydroxylation sites is 1. The number of sulfonamides is 1. The predicted molar refractivity (Wildman–Crippen MR) is 106 cm³/mol. The Morgan fingerprint density at radius 2 is 1.81 bits per heavy atom. The second-order valence-corrected chi connectivity index (χ2v) is 7.95. The first kappa shape index (κ1) is 20.8. The summed E-state index contributed by atoms with van der Waals surface area (Å²) in [7, 11) is -3.99. The SMILES string of the molecule is CCOC(=O)c1ccccc1NS(=O)(=O)c1ccc(SC)c(NC(C)=O)c1. The zero-order valence-electron chi connectivity index (χ0n) is 15.1. The standard InChI is InChI=1S/C18H20N2O5S2/c1-4-25-18(22)14-7-5-6-8-15(14)20-27(23,24)13-9-10-17(26-3)16(11-13)19-12(2)21/h5-11,20H,4H2,1-3H3,(H,19,21). The van der Waals surface area contributed by atoms with Crippen LogP contribution in [0.15, 0.2) is 52.3 Å². The van der Waals surface area contributed by atoms with Crippen molar-refractivity contribution in [3.8, 4) is 0 Å². The van der Waals surface area contributed by atoms with E-state index in [9.17, 15) is 18.0 Å². The zero-order chi connectivity index (χ0) is 20.0. The maximum atomic E-state index is 12.8. The number of thioether (sulfide) groups is 1. The van der Waals surface area contributed by atoms with E-state index in [1.54, 1.807) is 25.1 Å². The minimum absolute atomic E-state index is 0.0392. The molecule has 2 aromatic rings. The highest BCUT2D eigenvalue weighted by Crippen LogP contribution is 2.29. The molecular weight excluding hydrogens is 388 g/mol. The number of hydrogen-bond acceptors (Lipinski definition) is 6. The maximum Gasteiger partial charge on any atom is 0.340 e. The van der Waals surface area contributed by atoms with E-state index in [0.717, 1.165) is 4.90 Å². The van der Waals surface area contributed by atoms with Crippen LogP contribution in [0.25, 0.3) is 0 Å². The lowest BCUT2D eigenvalue weighted by Gasteiger charge is -2.14. The van der Waals surface area contributed by atoms with Crippen LogP contribution in [-0.4, -0.2) is 33.2 Å². The van der Waals surface area contributed by atoms with Crippen molar-refractivity contribution in [2.24, 2.45) is 0 Å². The molecule has 0 fully saturated rings. The van der Waals surface area contributed by atoms with E-state index in [2.05, 4.69) is 10.0 Å². The highest BCUT2D eigenvalue weighted by Gasteiger charge is 2.20. The Kier molecular flexibility index (Phi) is 6.86. The molecule has 0 bridgehead atoms. The van der Waals surface area contributed by atoms with Crippen LogP contribution in [0.2, 0.25) is 0 Å². The third kappa shape index (κ3) is 5.24. The highest BCUT2D eigenvalue weighted by atomic mass is 32.2. The quantitative estimate of drug-likeness (QED) is 0.538. The molecular formula is C18H20N2O5S2. The lowest BCUT2D eigenvalue weighted by atomic mass is 10.2. The van der Waals surface area contributed by atoms with Crippen LogP contribution in [-0.2, 0) is 19.6 Å². The maximum absolute atomic E-state index is 12.8. The average Bonchev–Trinajstić information content (AvgIpc) is 2.61. The lowest BCUT2D eigenvalue weighted by molar-refractivity contribution is -0.114. The number of amides is 1. The van der Waals surface area contributed by atoms with Gasteiger partial charge in [0.2, 0.25) is 5.91 Å². The Bertz CT molecular complexity index is 958. The van der Waals surface area contributed by atoms with E-state index >= 15 is 0 Å². The Labute approximate surface area is 162 Å². The molecule has 7 nitrogen and oxygen atoms in total. The summed E-state index contributed by atoms with van der Waals surface area (Å²) in [6.07, 6.45) is 1.82. The topological polar surface area (TPSA) is 102 Å². The molecule has 0 aliphatic carbocycles. The molecule has 27 heavy (non-hydrogen) atoms. The Hall–Kier alpha value is -2.52. The van der Waals surface area contributed by atoms with Crippen molar-refractivity contribution >= 4 is 45.0 Å². The van der Waals surface area contributed by atoms with Crippen molar-refractivity contribution < 1.29 is 22.7 Å². The summed E-state index contributed by atoms with van der Waals surface area (Å²) in [6, 6.07) is 10.6. The highest BCUT2D eigenvalue weighted by molar-refractivity contribution is 7.98. The van der Waals surface area contributed by atoms with Crippen LogP contribution in [0.3, 0.4) is 0 Å². The fourth-order valence-corrected chi connectivity index (χ4v) is 3.94. The normalized spacial score (nSPS) is 10.9. The summed E-state index contributed by atoms with van der Waals surface area (Å²) >= 11 is 1.38. The molecule has 2 aromatic carbocycles. The third-order valence-corrected chi connectivity index (χ3v) is 5.62. The summed E-state index contributed by atoms with van der Waals surface area (Å²) in [6.45, 7) is 3.19. The number of esters is 1. The fourth-order valence-electron chi connectivity index (χ4n) is 2.30. The van der Waals surface area contributed by atoms with Crippen molar-refractivity contribution in [1.82, 2.24) is 0 Å².